The van der Waals surface area contributed by atoms with Crippen LogP contribution in [0.2, 0.25) is 0 Å². The van der Waals surface area contributed by atoms with Gasteiger partial charge in [-0.2, -0.15) is 0 Å². The summed E-state index contributed by atoms with van der Waals surface area (Å²) in [5, 5.41) is 11.7. The van der Waals surface area contributed by atoms with E-state index in [0.29, 0.717) is 6.42 Å². The van der Waals surface area contributed by atoms with Crippen LogP contribution in [0.3, 0.4) is 0 Å². The zero-order chi connectivity index (χ0) is 14.2. The van der Waals surface area contributed by atoms with Gasteiger partial charge in [-0.1, -0.05) is 29.8 Å². The summed E-state index contributed by atoms with van der Waals surface area (Å²) in [5.74, 6) is -1.71. The summed E-state index contributed by atoms with van der Waals surface area (Å²) in [6.07, 6.45) is 0.439. The highest BCUT2D eigenvalue weighted by atomic mass is 79.9. The Kier molecular flexibility index (Phi) is 3.94. The van der Waals surface area contributed by atoms with E-state index in [4.69, 9.17) is 5.11 Å². The van der Waals surface area contributed by atoms with Crippen LogP contribution in [0, 0.1) is 11.8 Å². The van der Waals surface area contributed by atoms with Gasteiger partial charge in [0, 0.05) is 10.2 Å². The number of hydrogen-bond donors (Lipinski definition) is 2. The fourth-order valence-electron chi connectivity index (χ4n) is 2.11. The Morgan fingerprint density at radius 3 is 2.58 bits per heavy atom. The SMILES string of the molecule is CC(C)c1cc(Br)ccc1NC(=O)C1CC1C(=O)O. The lowest BCUT2D eigenvalue weighted by Crippen LogP contribution is -2.18. The van der Waals surface area contributed by atoms with Crippen LogP contribution in [0.4, 0.5) is 5.69 Å². The molecule has 1 aliphatic carbocycles. The van der Waals surface area contributed by atoms with Crippen molar-refractivity contribution in [3.8, 4) is 0 Å². The Balaban J connectivity index is 2.11. The quantitative estimate of drug-likeness (QED) is 0.893. The molecule has 1 saturated carbocycles. The van der Waals surface area contributed by atoms with Crippen molar-refractivity contribution in [3.63, 3.8) is 0 Å². The predicted octanol–water partition coefficient (Wildman–Crippen LogP) is 3.23. The molecule has 0 aromatic heterocycles. The molecule has 102 valence electrons. The summed E-state index contributed by atoms with van der Waals surface area (Å²) in [5.41, 5.74) is 1.80. The number of anilines is 1. The van der Waals surface area contributed by atoms with Gasteiger partial charge in [0.25, 0.3) is 0 Å². The first-order valence-electron chi connectivity index (χ1n) is 6.23. The molecule has 0 saturated heterocycles. The third kappa shape index (κ3) is 3.15. The highest BCUT2D eigenvalue weighted by molar-refractivity contribution is 9.10. The van der Waals surface area contributed by atoms with Gasteiger partial charge in [0.1, 0.15) is 0 Å². The summed E-state index contributed by atoms with van der Waals surface area (Å²) in [7, 11) is 0. The van der Waals surface area contributed by atoms with E-state index in [0.717, 1.165) is 15.7 Å². The minimum Gasteiger partial charge on any atom is -0.481 e. The summed E-state index contributed by atoms with van der Waals surface area (Å²) in [6, 6.07) is 5.68. The fraction of sp³-hybridized carbons (Fsp3) is 0.429. The minimum absolute atomic E-state index is 0.198. The molecule has 2 unspecified atom stereocenters. The number of hydrogen-bond acceptors (Lipinski definition) is 2. The van der Waals surface area contributed by atoms with Gasteiger partial charge in [-0.3, -0.25) is 9.59 Å². The zero-order valence-electron chi connectivity index (χ0n) is 10.8. The number of rotatable bonds is 4. The molecule has 2 N–H and O–H groups in total. The van der Waals surface area contributed by atoms with Crippen molar-refractivity contribution in [1.29, 1.82) is 0 Å². The van der Waals surface area contributed by atoms with Gasteiger partial charge >= 0.3 is 5.97 Å². The molecule has 0 aliphatic heterocycles. The maximum absolute atomic E-state index is 12.0. The van der Waals surface area contributed by atoms with Crippen molar-refractivity contribution in [2.75, 3.05) is 5.32 Å². The molecular weight excluding hydrogens is 310 g/mol. The Hall–Kier alpha value is -1.36. The van der Waals surface area contributed by atoms with E-state index in [1.165, 1.54) is 0 Å². The van der Waals surface area contributed by atoms with Crippen LogP contribution in [-0.2, 0) is 9.59 Å². The average Bonchev–Trinajstić information content (AvgIpc) is 3.11. The molecule has 5 heteroatoms. The molecule has 1 amide bonds. The Labute approximate surface area is 120 Å². The Morgan fingerprint density at radius 2 is 2.05 bits per heavy atom. The van der Waals surface area contributed by atoms with Crippen LogP contribution in [0.5, 0.6) is 0 Å². The van der Waals surface area contributed by atoms with E-state index in [9.17, 15) is 9.59 Å². The zero-order valence-corrected chi connectivity index (χ0v) is 12.4. The van der Waals surface area contributed by atoms with E-state index in [2.05, 4.69) is 35.1 Å². The minimum atomic E-state index is -0.889. The largest absolute Gasteiger partial charge is 0.481 e. The van der Waals surface area contributed by atoms with E-state index < -0.39 is 11.9 Å². The van der Waals surface area contributed by atoms with E-state index in [1.54, 1.807) is 0 Å². The van der Waals surface area contributed by atoms with Gasteiger partial charge in [-0.25, -0.2) is 0 Å². The first-order chi connectivity index (χ1) is 8.90. The van der Waals surface area contributed by atoms with Crippen molar-refractivity contribution in [1.82, 2.24) is 0 Å². The molecule has 2 atom stereocenters. The smallest absolute Gasteiger partial charge is 0.307 e. The molecule has 2 rings (SSSR count). The molecule has 19 heavy (non-hydrogen) atoms. The summed E-state index contributed by atoms with van der Waals surface area (Å²) >= 11 is 3.41. The van der Waals surface area contributed by atoms with Gasteiger partial charge in [0.15, 0.2) is 0 Å². The van der Waals surface area contributed by atoms with Crippen LogP contribution in [0.15, 0.2) is 22.7 Å². The van der Waals surface area contributed by atoms with Crippen LogP contribution in [0.25, 0.3) is 0 Å². The maximum atomic E-state index is 12.0. The molecule has 1 fully saturated rings. The maximum Gasteiger partial charge on any atom is 0.307 e. The third-order valence-electron chi connectivity index (χ3n) is 3.34. The molecule has 4 nitrogen and oxygen atoms in total. The summed E-state index contributed by atoms with van der Waals surface area (Å²) in [6.45, 7) is 4.10. The van der Waals surface area contributed by atoms with Crippen molar-refractivity contribution in [3.05, 3.63) is 28.2 Å². The van der Waals surface area contributed by atoms with Crippen molar-refractivity contribution in [2.24, 2.45) is 11.8 Å². The number of aliphatic carboxylic acids is 1. The number of benzene rings is 1. The van der Waals surface area contributed by atoms with Gasteiger partial charge in [-0.15, -0.1) is 0 Å². The fourth-order valence-corrected chi connectivity index (χ4v) is 2.49. The molecular formula is C14H16BrNO3. The molecule has 0 radical (unpaired) electrons. The molecule has 1 aromatic rings. The van der Waals surface area contributed by atoms with Crippen molar-refractivity contribution in [2.45, 2.75) is 26.2 Å². The Morgan fingerprint density at radius 1 is 1.37 bits per heavy atom. The normalized spacial score (nSPS) is 21.3. The molecule has 0 heterocycles. The van der Waals surface area contributed by atoms with Crippen LogP contribution < -0.4 is 5.32 Å². The number of amides is 1. The third-order valence-corrected chi connectivity index (χ3v) is 3.83. The van der Waals surface area contributed by atoms with Gasteiger partial charge in [-0.05, 0) is 36.1 Å². The van der Waals surface area contributed by atoms with Gasteiger partial charge in [0.05, 0.1) is 11.8 Å². The molecule has 0 bridgehead atoms. The lowest BCUT2D eigenvalue weighted by Gasteiger charge is -2.14. The lowest BCUT2D eigenvalue weighted by atomic mass is 10.0. The second-order valence-electron chi connectivity index (χ2n) is 5.16. The average molecular weight is 326 g/mol. The van der Waals surface area contributed by atoms with E-state index >= 15 is 0 Å². The van der Waals surface area contributed by atoms with Gasteiger partial charge < -0.3 is 10.4 Å². The molecule has 0 spiro atoms. The highest BCUT2D eigenvalue weighted by Gasteiger charge is 2.48. The van der Waals surface area contributed by atoms with Crippen LogP contribution >= 0.6 is 15.9 Å². The number of carbonyl (C=O) groups excluding carboxylic acids is 1. The highest BCUT2D eigenvalue weighted by Crippen LogP contribution is 2.40. The number of halogens is 1. The van der Waals surface area contributed by atoms with Gasteiger partial charge in [0.2, 0.25) is 5.91 Å². The monoisotopic (exact) mass is 325 g/mol. The topological polar surface area (TPSA) is 66.4 Å². The lowest BCUT2D eigenvalue weighted by molar-refractivity contribution is -0.139. The van der Waals surface area contributed by atoms with E-state index in [-0.39, 0.29) is 17.7 Å². The summed E-state index contributed by atoms with van der Waals surface area (Å²) < 4.78 is 0.962. The predicted molar refractivity (Wildman–Crippen MR) is 76.1 cm³/mol. The number of carbonyl (C=O) groups is 2. The molecule has 1 aromatic carbocycles. The van der Waals surface area contributed by atoms with Crippen LogP contribution in [0.1, 0.15) is 31.7 Å². The standard InChI is InChI=1S/C14H16BrNO3/c1-7(2)9-5-8(15)3-4-12(9)16-13(17)10-6-11(10)14(18)19/h3-5,7,10-11H,6H2,1-2H3,(H,16,17)(H,18,19). The van der Waals surface area contributed by atoms with Crippen molar-refractivity contribution >= 4 is 33.5 Å². The number of carboxylic acids is 1. The first-order valence-corrected chi connectivity index (χ1v) is 7.02. The summed E-state index contributed by atoms with van der Waals surface area (Å²) in [4.78, 5) is 22.7. The van der Waals surface area contributed by atoms with Crippen molar-refractivity contribution < 1.29 is 14.7 Å². The first kappa shape index (κ1) is 14.1. The molecule has 1 aliphatic rings. The second-order valence-corrected chi connectivity index (χ2v) is 6.08. The van der Waals surface area contributed by atoms with Crippen LogP contribution in [-0.4, -0.2) is 17.0 Å². The Bertz CT molecular complexity index is 527. The second kappa shape index (κ2) is 5.33. The van der Waals surface area contributed by atoms with E-state index in [1.807, 2.05) is 18.2 Å². The number of nitrogens with one attached hydrogen (secondary N) is 1. The number of carboxylic acid groups (broad SMARTS) is 1.